The minimum absolute atomic E-state index is 0.178. The number of nitrogens with zero attached hydrogens (tertiary/aromatic N) is 4. The van der Waals surface area contributed by atoms with Gasteiger partial charge in [0.25, 0.3) is 0 Å². The van der Waals surface area contributed by atoms with Gasteiger partial charge in [-0.3, -0.25) is 0 Å². The van der Waals surface area contributed by atoms with Gasteiger partial charge in [-0.25, -0.2) is 14.6 Å². The van der Waals surface area contributed by atoms with Crippen molar-refractivity contribution in [1.29, 1.82) is 0 Å². The van der Waals surface area contributed by atoms with E-state index in [1.807, 2.05) is 30.3 Å². The molecule has 1 aliphatic rings. The van der Waals surface area contributed by atoms with Crippen molar-refractivity contribution in [2.24, 2.45) is 0 Å². The van der Waals surface area contributed by atoms with Gasteiger partial charge in [0.2, 0.25) is 0 Å². The summed E-state index contributed by atoms with van der Waals surface area (Å²) in [7, 11) is 0. The van der Waals surface area contributed by atoms with E-state index in [0.717, 1.165) is 0 Å². The number of alkyl halides is 3. The predicted molar refractivity (Wildman–Crippen MR) is 120 cm³/mol. The molecule has 0 radical (unpaired) electrons. The van der Waals surface area contributed by atoms with E-state index in [9.17, 15) is 18.3 Å². The standard InChI is InChI=1S/C24H22F3N5O2/c25-24(26,27)23(33)12-4-5-16(13-23)32-22-19(21(28)29-14-30-22)20(31-32)15-8-10-18(11-9-15)34-17-6-2-1-3-7-17/h1-3,6-11,14,16,33H,4-5,12-13H2,(H2,28,29,30). The number of benzene rings is 2. The summed E-state index contributed by atoms with van der Waals surface area (Å²) < 4.78 is 47.8. The second-order valence-corrected chi connectivity index (χ2v) is 8.47. The first-order chi connectivity index (χ1) is 16.2. The van der Waals surface area contributed by atoms with Gasteiger partial charge in [0, 0.05) is 12.0 Å². The molecule has 5 rings (SSSR count). The van der Waals surface area contributed by atoms with Crippen LogP contribution in [0.15, 0.2) is 60.9 Å². The lowest BCUT2D eigenvalue weighted by Gasteiger charge is -2.38. The highest BCUT2D eigenvalue weighted by Gasteiger charge is 2.56. The fourth-order valence-electron chi connectivity index (χ4n) is 4.45. The molecule has 0 aliphatic heterocycles. The summed E-state index contributed by atoms with van der Waals surface area (Å²) in [5.74, 6) is 1.49. The lowest BCUT2D eigenvalue weighted by Crippen LogP contribution is -2.49. The molecule has 2 aromatic heterocycles. The Morgan fingerprint density at radius 1 is 1.03 bits per heavy atom. The first kappa shape index (κ1) is 22.1. The first-order valence-corrected chi connectivity index (χ1v) is 10.9. The minimum atomic E-state index is -4.72. The summed E-state index contributed by atoms with van der Waals surface area (Å²) >= 11 is 0. The Morgan fingerprint density at radius 3 is 2.44 bits per heavy atom. The number of anilines is 1. The van der Waals surface area contributed by atoms with Crippen molar-refractivity contribution in [1.82, 2.24) is 19.7 Å². The number of halogens is 3. The van der Waals surface area contributed by atoms with Crippen molar-refractivity contribution in [3.63, 3.8) is 0 Å². The van der Waals surface area contributed by atoms with E-state index in [0.29, 0.717) is 40.2 Å². The summed E-state index contributed by atoms with van der Waals surface area (Å²) in [6.45, 7) is 0. The molecule has 2 aromatic carbocycles. The Morgan fingerprint density at radius 2 is 1.74 bits per heavy atom. The van der Waals surface area contributed by atoms with E-state index in [4.69, 9.17) is 10.5 Å². The largest absolute Gasteiger partial charge is 0.457 e. The van der Waals surface area contributed by atoms with Crippen molar-refractivity contribution in [2.75, 3.05) is 5.73 Å². The van der Waals surface area contributed by atoms with Gasteiger partial charge < -0.3 is 15.6 Å². The molecule has 0 saturated heterocycles. The maximum Gasteiger partial charge on any atom is 0.417 e. The van der Waals surface area contributed by atoms with Gasteiger partial charge in [-0.15, -0.1) is 0 Å². The van der Waals surface area contributed by atoms with Crippen LogP contribution in [-0.4, -0.2) is 36.6 Å². The van der Waals surface area contributed by atoms with Crippen LogP contribution in [0.1, 0.15) is 31.7 Å². The lowest BCUT2D eigenvalue weighted by molar-refractivity contribution is -0.273. The van der Waals surface area contributed by atoms with Gasteiger partial charge in [-0.05, 0) is 55.7 Å². The van der Waals surface area contributed by atoms with E-state index in [1.54, 1.807) is 24.3 Å². The zero-order chi connectivity index (χ0) is 23.9. The number of nitrogen functional groups attached to an aromatic ring is 1. The van der Waals surface area contributed by atoms with Gasteiger partial charge in [-0.2, -0.15) is 18.3 Å². The number of para-hydroxylation sites is 1. The summed E-state index contributed by atoms with van der Waals surface area (Å²) in [6.07, 6.45) is -3.65. The number of aliphatic hydroxyl groups is 1. The van der Waals surface area contributed by atoms with E-state index >= 15 is 0 Å². The molecule has 0 bridgehead atoms. The molecule has 1 saturated carbocycles. The quantitative estimate of drug-likeness (QED) is 0.422. The molecular weight excluding hydrogens is 447 g/mol. The van der Waals surface area contributed by atoms with Gasteiger partial charge in [-0.1, -0.05) is 18.2 Å². The average Bonchev–Trinajstić information content (AvgIpc) is 3.21. The SMILES string of the molecule is Nc1ncnc2c1c(-c1ccc(Oc3ccccc3)cc1)nn2C1CCCC(O)(C(F)(F)F)C1. The molecule has 3 N–H and O–H groups in total. The zero-order valence-corrected chi connectivity index (χ0v) is 18.0. The average molecular weight is 469 g/mol. The maximum absolute atomic E-state index is 13.5. The smallest absolute Gasteiger partial charge is 0.417 e. The van der Waals surface area contributed by atoms with Crippen LogP contribution in [0, 0.1) is 0 Å². The van der Waals surface area contributed by atoms with Crippen LogP contribution >= 0.6 is 0 Å². The van der Waals surface area contributed by atoms with Crippen molar-refractivity contribution < 1.29 is 23.0 Å². The highest BCUT2D eigenvalue weighted by Crippen LogP contribution is 2.46. The Labute approximate surface area is 193 Å². The highest BCUT2D eigenvalue weighted by atomic mass is 19.4. The topological polar surface area (TPSA) is 99.1 Å². The molecule has 2 heterocycles. The van der Waals surface area contributed by atoms with E-state index in [2.05, 4.69) is 15.1 Å². The second-order valence-electron chi connectivity index (χ2n) is 8.47. The van der Waals surface area contributed by atoms with Crippen LogP contribution in [0.5, 0.6) is 11.5 Å². The minimum Gasteiger partial charge on any atom is -0.457 e. The molecule has 7 nitrogen and oxygen atoms in total. The maximum atomic E-state index is 13.5. The molecule has 176 valence electrons. The van der Waals surface area contributed by atoms with Crippen LogP contribution in [0.4, 0.5) is 19.0 Å². The molecule has 1 aliphatic carbocycles. The number of hydrogen-bond acceptors (Lipinski definition) is 6. The lowest BCUT2D eigenvalue weighted by atomic mass is 9.81. The van der Waals surface area contributed by atoms with Gasteiger partial charge in [0.15, 0.2) is 11.2 Å². The van der Waals surface area contributed by atoms with Crippen molar-refractivity contribution in [2.45, 2.75) is 43.5 Å². The number of aromatic nitrogens is 4. The molecular formula is C24H22F3N5O2. The molecule has 4 aromatic rings. The molecule has 2 unspecified atom stereocenters. The van der Waals surface area contributed by atoms with E-state index < -0.39 is 24.2 Å². The molecule has 0 amide bonds. The van der Waals surface area contributed by atoms with Crippen molar-refractivity contribution >= 4 is 16.9 Å². The van der Waals surface area contributed by atoms with Gasteiger partial charge in [0.1, 0.15) is 29.3 Å². The number of ether oxygens (including phenoxy) is 1. The summed E-state index contributed by atoms with van der Waals surface area (Å²) in [4.78, 5) is 8.32. The fraction of sp³-hybridized carbons (Fsp3) is 0.292. The number of nitrogens with two attached hydrogens (primary N) is 1. The number of hydrogen-bond donors (Lipinski definition) is 2. The van der Waals surface area contributed by atoms with Crippen LogP contribution in [0.2, 0.25) is 0 Å². The third-order valence-corrected chi connectivity index (χ3v) is 6.20. The van der Waals surface area contributed by atoms with Crippen LogP contribution in [0.3, 0.4) is 0 Å². The van der Waals surface area contributed by atoms with E-state index in [1.165, 1.54) is 11.0 Å². The molecule has 1 fully saturated rings. The number of fused-ring (bicyclic) bond motifs is 1. The summed E-state index contributed by atoms with van der Waals surface area (Å²) in [5, 5.41) is 15.4. The second kappa shape index (κ2) is 8.28. The molecule has 34 heavy (non-hydrogen) atoms. The van der Waals surface area contributed by atoms with Crippen LogP contribution in [0.25, 0.3) is 22.3 Å². The Kier molecular flexibility index (Phi) is 5.40. The van der Waals surface area contributed by atoms with Crippen molar-refractivity contribution in [3.05, 3.63) is 60.9 Å². The highest BCUT2D eigenvalue weighted by molar-refractivity contribution is 5.98. The van der Waals surface area contributed by atoms with Gasteiger partial charge in [0.05, 0.1) is 11.4 Å². The Balaban J connectivity index is 1.52. The van der Waals surface area contributed by atoms with Gasteiger partial charge >= 0.3 is 6.18 Å². The third-order valence-electron chi connectivity index (χ3n) is 6.20. The zero-order valence-electron chi connectivity index (χ0n) is 18.0. The molecule has 2 atom stereocenters. The first-order valence-electron chi connectivity index (χ1n) is 10.9. The Hall–Kier alpha value is -3.66. The summed E-state index contributed by atoms with van der Waals surface area (Å²) in [6, 6.07) is 15.8. The number of rotatable bonds is 4. The van der Waals surface area contributed by atoms with Crippen molar-refractivity contribution in [3.8, 4) is 22.8 Å². The normalized spacial score (nSPS) is 21.0. The fourth-order valence-corrected chi connectivity index (χ4v) is 4.45. The van der Waals surface area contributed by atoms with Crippen LogP contribution in [-0.2, 0) is 0 Å². The third kappa shape index (κ3) is 3.94. The molecule has 0 spiro atoms. The van der Waals surface area contributed by atoms with E-state index in [-0.39, 0.29) is 18.7 Å². The molecule has 10 heteroatoms. The van der Waals surface area contributed by atoms with Crippen LogP contribution < -0.4 is 10.5 Å². The summed E-state index contributed by atoms with van der Waals surface area (Å²) in [5.41, 5.74) is 4.86. The monoisotopic (exact) mass is 469 g/mol. The Bertz CT molecular complexity index is 1310. The predicted octanol–water partition coefficient (Wildman–Crippen LogP) is 5.28.